The highest BCUT2D eigenvalue weighted by atomic mass is 32.2. The Bertz CT molecular complexity index is 1210. The zero-order chi connectivity index (χ0) is 23.4. The van der Waals surface area contributed by atoms with Gasteiger partial charge in [0.25, 0.3) is 0 Å². The summed E-state index contributed by atoms with van der Waals surface area (Å²) in [5.41, 5.74) is 3.73. The minimum absolute atomic E-state index is 0.191. The first-order valence-corrected chi connectivity index (χ1v) is 13.4. The highest BCUT2D eigenvalue weighted by Crippen LogP contribution is 2.31. The summed E-state index contributed by atoms with van der Waals surface area (Å²) < 4.78 is 34.1. The van der Waals surface area contributed by atoms with Crippen molar-refractivity contribution in [3.63, 3.8) is 0 Å². The van der Waals surface area contributed by atoms with E-state index in [2.05, 4.69) is 0 Å². The molecule has 4 rings (SSSR count). The third-order valence-electron chi connectivity index (χ3n) is 5.66. The molecule has 33 heavy (non-hydrogen) atoms. The number of nitrogens with zero attached hydrogens (tertiary/aromatic N) is 1. The van der Waals surface area contributed by atoms with E-state index in [0.29, 0.717) is 11.5 Å². The molecular formula is C26H27NO4S2. The molecule has 1 saturated heterocycles. The highest BCUT2D eigenvalue weighted by Gasteiger charge is 2.40. The fourth-order valence-corrected chi connectivity index (χ4v) is 6.71. The van der Waals surface area contributed by atoms with E-state index < -0.39 is 28.1 Å². The first kappa shape index (κ1) is 23.5. The number of esters is 1. The Morgan fingerprint density at radius 1 is 0.939 bits per heavy atom. The fourth-order valence-electron chi connectivity index (χ4n) is 3.89. The fraction of sp³-hybridized carbons (Fsp3) is 0.269. The van der Waals surface area contributed by atoms with Gasteiger partial charge < -0.3 is 4.74 Å². The van der Waals surface area contributed by atoms with E-state index in [-0.39, 0.29) is 11.4 Å². The quantitative estimate of drug-likeness (QED) is 0.476. The first-order valence-electron chi connectivity index (χ1n) is 10.8. The van der Waals surface area contributed by atoms with Crippen molar-refractivity contribution in [2.24, 2.45) is 0 Å². The topological polar surface area (TPSA) is 63.7 Å². The number of thioether (sulfide) groups is 1. The third-order valence-corrected chi connectivity index (χ3v) is 8.61. The Labute approximate surface area is 199 Å². The van der Waals surface area contributed by atoms with Gasteiger partial charge in [0.15, 0.2) is 6.10 Å². The van der Waals surface area contributed by atoms with Gasteiger partial charge in [-0.15, -0.1) is 0 Å². The normalized spacial score (nSPS) is 17.9. The zero-order valence-corrected chi connectivity index (χ0v) is 20.3. The summed E-state index contributed by atoms with van der Waals surface area (Å²) in [6, 6.07) is 23.2. The summed E-state index contributed by atoms with van der Waals surface area (Å²) in [7, 11) is -3.83. The van der Waals surface area contributed by atoms with Crippen molar-refractivity contribution in [3.8, 4) is 0 Å². The molecule has 1 unspecified atom stereocenters. The number of sulfonamides is 1. The van der Waals surface area contributed by atoms with Crippen molar-refractivity contribution in [1.29, 1.82) is 0 Å². The van der Waals surface area contributed by atoms with Gasteiger partial charge in [0.2, 0.25) is 10.0 Å². The lowest BCUT2D eigenvalue weighted by atomic mass is 10.00. The van der Waals surface area contributed by atoms with Crippen LogP contribution in [0.4, 0.5) is 0 Å². The molecule has 0 spiro atoms. The lowest BCUT2D eigenvalue weighted by Gasteiger charge is -2.33. The Hall–Kier alpha value is -2.61. The van der Waals surface area contributed by atoms with Crippen LogP contribution in [0.2, 0.25) is 0 Å². The minimum Gasteiger partial charge on any atom is -0.451 e. The number of carbonyl (C=O) groups excluding carboxylic acids is 1. The molecule has 1 fully saturated rings. The van der Waals surface area contributed by atoms with Gasteiger partial charge >= 0.3 is 5.97 Å². The Balaban J connectivity index is 1.64. The van der Waals surface area contributed by atoms with E-state index in [4.69, 9.17) is 4.74 Å². The van der Waals surface area contributed by atoms with Crippen LogP contribution in [-0.4, -0.2) is 42.8 Å². The third kappa shape index (κ3) is 5.32. The number of hydrogen-bond acceptors (Lipinski definition) is 5. The summed E-state index contributed by atoms with van der Waals surface area (Å²) in [5, 5.41) is 0. The summed E-state index contributed by atoms with van der Waals surface area (Å²) in [6.07, 6.45) is -0.616. The van der Waals surface area contributed by atoms with E-state index in [1.807, 2.05) is 68.4 Å². The van der Waals surface area contributed by atoms with Gasteiger partial charge in [-0.2, -0.15) is 16.1 Å². The second-order valence-electron chi connectivity index (χ2n) is 8.16. The molecule has 0 bridgehead atoms. The van der Waals surface area contributed by atoms with E-state index in [1.165, 1.54) is 4.31 Å². The van der Waals surface area contributed by atoms with Crippen LogP contribution in [0.3, 0.4) is 0 Å². The Morgan fingerprint density at radius 2 is 1.64 bits per heavy atom. The highest BCUT2D eigenvalue weighted by molar-refractivity contribution is 7.99. The molecule has 1 heterocycles. The Morgan fingerprint density at radius 3 is 2.33 bits per heavy atom. The SMILES string of the molecule is Cc1ccc(S(=O)(=O)N2CCSC[C@H]2C(=O)OC(c2ccccc2)c2cccc(C)c2)cc1. The molecule has 1 aliphatic heterocycles. The largest absolute Gasteiger partial charge is 0.451 e. The number of hydrogen-bond donors (Lipinski definition) is 0. The summed E-state index contributed by atoms with van der Waals surface area (Å²) in [4.78, 5) is 13.6. The lowest BCUT2D eigenvalue weighted by Crippen LogP contribution is -2.51. The molecule has 172 valence electrons. The molecule has 7 heteroatoms. The second kappa shape index (κ2) is 10.1. The number of aryl methyl sites for hydroxylation is 2. The maximum Gasteiger partial charge on any atom is 0.326 e. The van der Waals surface area contributed by atoms with Crippen LogP contribution in [0.25, 0.3) is 0 Å². The molecule has 0 radical (unpaired) electrons. The van der Waals surface area contributed by atoms with E-state index in [1.54, 1.807) is 36.0 Å². The molecule has 0 amide bonds. The van der Waals surface area contributed by atoms with Crippen molar-refractivity contribution in [2.45, 2.75) is 30.9 Å². The molecule has 2 atom stereocenters. The molecule has 5 nitrogen and oxygen atoms in total. The average molecular weight is 482 g/mol. The van der Waals surface area contributed by atoms with Crippen LogP contribution in [0, 0.1) is 13.8 Å². The molecule has 0 aromatic heterocycles. The van der Waals surface area contributed by atoms with E-state index in [0.717, 1.165) is 22.3 Å². The van der Waals surface area contributed by atoms with Gasteiger partial charge in [-0.1, -0.05) is 77.9 Å². The summed E-state index contributed by atoms with van der Waals surface area (Å²) in [6.45, 7) is 4.16. The van der Waals surface area contributed by atoms with Crippen molar-refractivity contribution < 1.29 is 17.9 Å². The van der Waals surface area contributed by atoms with Crippen LogP contribution < -0.4 is 0 Å². The molecule has 1 aliphatic rings. The molecule has 3 aromatic rings. The number of carbonyl (C=O) groups is 1. The maximum absolute atomic E-state index is 13.4. The predicted octanol–water partition coefficient (Wildman–Crippen LogP) is 4.74. The standard InChI is InChI=1S/C26H27NO4S2/c1-19-11-13-23(14-12-19)33(29,30)27-15-16-32-18-24(27)26(28)31-25(21-8-4-3-5-9-21)22-10-6-7-20(2)17-22/h3-14,17,24-25H,15-16,18H2,1-2H3/t24-,25?/m0/s1. The van der Waals surface area contributed by atoms with Crippen LogP contribution >= 0.6 is 11.8 Å². The van der Waals surface area contributed by atoms with Gasteiger partial charge in [-0.3, -0.25) is 4.79 Å². The van der Waals surface area contributed by atoms with Crippen LogP contribution in [-0.2, 0) is 19.6 Å². The molecular weight excluding hydrogens is 454 g/mol. The number of benzene rings is 3. The predicted molar refractivity (Wildman–Crippen MR) is 132 cm³/mol. The van der Waals surface area contributed by atoms with Gasteiger partial charge in [0.1, 0.15) is 6.04 Å². The zero-order valence-electron chi connectivity index (χ0n) is 18.7. The van der Waals surface area contributed by atoms with Crippen molar-refractivity contribution in [3.05, 3.63) is 101 Å². The molecule has 0 saturated carbocycles. The number of rotatable bonds is 6. The lowest BCUT2D eigenvalue weighted by molar-refractivity contribution is -0.151. The average Bonchev–Trinajstić information content (AvgIpc) is 2.83. The van der Waals surface area contributed by atoms with Gasteiger partial charge in [-0.25, -0.2) is 8.42 Å². The van der Waals surface area contributed by atoms with E-state index >= 15 is 0 Å². The molecule has 3 aromatic carbocycles. The van der Waals surface area contributed by atoms with Crippen LogP contribution in [0.15, 0.2) is 83.8 Å². The van der Waals surface area contributed by atoms with Gasteiger partial charge in [-0.05, 0) is 37.1 Å². The van der Waals surface area contributed by atoms with Crippen LogP contribution in [0.5, 0.6) is 0 Å². The van der Waals surface area contributed by atoms with Crippen LogP contribution in [0.1, 0.15) is 28.4 Å². The van der Waals surface area contributed by atoms with Gasteiger partial charge in [0, 0.05) is 18.1 Å². The van der Waals surface area contributed by atoms with Crippen molar-refractivity contribution >= 4 is 27.8 Å². The molecule has 0 aliphatic carbocycles. The number of ether oxygens (including phenoxy) is 1. The van der Waals surface area contributed by atoms with E-state index in [9.17, 15) is 13.2 Å². The van der Waals surface area contributed by atoms with Gasteiger partial charge in [0.05, 0.1) is 4.90 Å². The monoisotopic (exact) mass is 481 g/mol. The minimum atomic E-state index is -3.83. The summed E-state index contributed by atoms with van der Waals surface area (Å²) in [5.74, 6) is 0.460. The van der Waals surface area contributed by atoms with Crippen molar-refractivity contribution in [1.82, 2.24) is 4.31 Å². The Kier molecular flexibility index (Phi) is 7.22. The summed E-state index contributed by atoms with van der Waals surface area (Å²) >= 11 is 1.56. The second-order valence-corrected chi connectivity index (χ2v) is 11.2. The first-order chi connectivity index (χ1) is 15.9. The maximum atomic E-state index is 13.4. The smallest absolute Gasteiger partial charge is 0.326 e. The molecule has 0 N–H and O–H groups in total. The van der Waals surface area contributed by atoms with Crippen molar-refractivity contribution in [2.75, 3.05) is 18.1 Å².